The zero-order valence-electron chi connectivity index (χ0n) is 11.3. The summed E-state index contributed by atoms with van der Waals surface area (Å²) in [5.74, 6) is 0. The van der Waals surface area contributed by atoms with E-state index in [1.54, 1.807) is 19.1 Å². The predicted molar refractivity (Wildman–Crippen MR) is 78.9 cm³/mol. The summed E-state index contributed by atoms with van der Waals surface area (Å²) in [7, 11) is 0. The van der Waals surface area contributed by atoms with Crippen LogP contribution in [0.2, 0.25) is 0 Å². The first-order valence-corrected chi connectivity index (χ1v) is 7.13. The number of alkyl halides is 3. The van der Waals surface area contributed by atoms with E-state index in [2.05, 4.69) is 15.9 Å². The molecule has 0 bridgehead atoms. The molecular weight excluding hydrogens is 345 g/mol. The van der Waals surface area contributed by atoms with Crippen LogP contribution in [0.4, 0.5) is 13.2 Å². The zero-order chi connectivity index (χ0) is 15.7. The van der Waals surface area contributed by atoms with Crippen LogP contribution in [-0.2, 0) is 18.2 Å². The SMILES string of the molecule is CC(O)(Cc1ccc(C(F)(F)F)cc1)c1ccccc1Br. The molecule has 2 aromatic rings. The van der Waals surface area contributed by atoms with Crippen LogP contribution in [0.1, 0.15) is 23.6 Å². The Morgan fingerprint density at radius 1 is 1.00 bits per heavy atom. The van der Waals surface area contributed by atoms with Crippen LogP contribution in [0.25, 0.3) is 0 Å². The number of rotatable bonds is 3. The standard InChI is InChI=1S/C16H14BrF3O/c1-15(21,13-4-2-3-5-14(13)17)10-11-6-8-12(9-7-11)16(18,19)20/h2-9,21H,10H2,1H3. The van der Waals surface area contributed by atoms with Crippen LogP contribution in [-0.4, -0.2) is 5.11 Å². The van der Waals surface area contributed by atoms with E-state index in [9.17, 15) is 18.3 Å². The highest BCUT2D eigenvalue weighted by molar-refractivity contribution is 9.10. The van der Waals surface area contributed by atoms with Crippen LogP contribution in [0, 0.1) is 0 Å². The molecule has 0 fully saturated rings. The summed E-state index contributed by atoms with van der Waals surface area (Å²) in [6, 6.07) is 12.1. The van der Waals surface area contributed by atoms with Gasteiger partial charge in [-0.15, -0.1) is 0 Å². The Morgan fingerprint density at radius 3 is 2.10 bits per heavy atom. The molecule has 1 N–H and O–H groups in total. The first-order chi connectivity index (χ1) is 9.70. The van der Waals surface area contributed by atoms with E-state index in [-0.39, 0.29) is 6.42 Å². The molecule has 5 heteroatoms. The van der Waals surface area contributed by atoms with Crippen LogP contribution in [0.15, 0.2) is 53.0 Å². The molecule has 0 saturated carbocycles. The Bertz CT molecular complexity index is 618. The van der Waals surface area contributed by atoms with Crippen molar-refractivity contribution in [3.8, 4) is 0 Å². The lowest BCUT2D eigenvalue weighted by Crippen LogP contribution is -2.24. The van der Waals surface area contributed by atoms with Gasteiger partial charge in [0.1, 0.15) is 0 Å². The summed E-state index contributed by atoms with van der Waals surface area (Å²) in [6.07, 6.45) is -4.11. The molecule has 2 aromatic carbocycles. The topological polar surface area (TPSA) is 20.2 Å². The van der Waals surface area contributed by atoms with E-state index in [0.29, 0.717) is 11.1 Å². The third kappa shape index (κ3) is 3.86. The van der Waals surface area contributed by atoms with E-state index in [0.717, 1.165) is 16.6 Å². The molecule has 0 aliphatic heterocycles. The van der Waals surface area contributed by atoms with Gasteiger partial charge >= 0.3 is 6.18 Å². The van der Waals surface area contributed by atoms with Gasteiger partial charge in [0, 0.05) is 10.9 Å². The average Bonchev–Trinajstić information content (AvgIpc) is 2.38. The second kappa shape index (κ2) is 5.81. The fraction of sp³-hybridized carbons (Fsp3) is 0.250. The highest BCUT2D eigenvalue weighted by Crippen LogP contribution is 2.33. The molecule has 1 unspecified atom stereocenters. The van der Waals surface area contributed by atoms with E-state index < -0.39 is 17.3 Å². The van der Waals surface area contributed by atoms with Gasteiger partial charge in [-0.3, -0.25) is 0 Å². The van der Waals surface area contributed by atoms with Crippen LogP contribution >= 0.6 is 15.9 Å². The molecule has 0 spiro atoms. The van der Waals surface area contributed by atoms with E-state index in [1.807, 2.05) is 12.1 Å². The van der Waals surface area contributed by atoms with Crippen LogP contribution in [0.5, 0.6) is 0 Å². The Morgan fingerprint density at radius 2 is 1.57 bits per heavy atom. The molecule has 0 amide bonds. The normalized spacial score (nSPS) is 14.8. The Labute approximate surface area is 129 Å². The number of hydrogen-bond donors (Lipinski definition) is 1. The van der Waals surface area contributed by atoms with E-state index >= 15 is 0 Å². The van der Waals surface area contributed by atoms with Crippen molar-refractivity contribution < 1.29 is 18.3 Å². The minimum absolute atomic E-state index is 0.230. The van der Waals surface area contributed by atoms with E-state index in [1.165, 1.54) is 12.1 Å². The lowest BCUT2D eigenvalue weighted by Gasteiger charge is -2.25. The van der Waals surface area contributed by atoms with Crippen molar-refractivity contribution >= 4 is 15.9 Å². The van der Waals surface area contributed by atoms with Gasteiger partial charge in [0.15, 0.2) is 0 Å². The molecule has 2 rings (SSSR count). The molecule has 0 aliphatic carbocycles. The molecular formula is C16H14BrF3O. The fourth-order valence-corrected chi connectivity index (χ4v) is 2.91. The van der Waals surface area contributed by atoms with Crippen molar-refractivity contribution in [2.24, 2.45) is 0 Å². The third-order valence-corrected chi connectivity index (χ3v) is 3.98. The second-order valence-electron chi connectivity index (χ2n) is 5.13. The van der Waals surface area contributed by atoms with Gasteiger partial charge in [0.25, 0.3) is 0 Å². The largest absolute Gasteiger partial charge is 0.416 e. The van der Waals surface area contributed by atoms with Gasteiger partial charge in [-0.25, -0.2) is 0 Å². The van der Waals surface area contributed by atoms with Gasteiger partial charge in [-0.1, -0.05) is 46.3 Å². The number of aliphatic hydroxyl groups is 1. The van der Waals surface area contributed by atoms with Crippen molar-refractivity contribution in [3.05, 3.63) is 69.7 Å². The lowest BCUT2D eigenvalue weighted by molar-refractivity contribution is -0.137. The molecule has 0 aliphatic rings. The number of benzene rings is 2. The highest BCUT2D eigenvalue weighted by atomic mass is 79.9. The average molecular weight is 359 g/mol. The minimum Gasteiger partial charge on any atom is -0.385 e. The second-order valence-corrected chi connectivity index (χ2v) is 5.98. The molecule has 1 nitrogen and oxygen atoms in total. The predicted octanol–water partition coefficient (Wildman–Crippen LogP) is 4.92. The molecule has 1 atom stereocenters. The van der Waals surface area contributed by atoms with Gasteiger partial charge in [-0.05, 0) is 36.2 Å². The zero-order valence-corrected chi connectivity index (χ0v) is 12.9. The summed E-state index contributed by atoms with van der Waals surface area (Å²) in [5.41, 5.74) is -0.514. The van der Waals surface area contributed by atoms with Crippen molar-refractivity contribution in [1.82, 2.24) is 0 Å². The summed E-state index contributed by atoms with van der Waals surface area (Å²) in [5, 5.41) is 10.6. The van der Waals surface area contributed by atoms with Crippen molar-refractivity contribution in [3.63, 3.8) is 0 Å². The summed E-state index contributed by atoms with van der Waals surface area (Å²) in [6.45, 7) is 1.64. The van der Waals surface area contributed by atoms with E-state index in [4.69, 9.17) is 0 Å². The molecule has 0 heterocycles. The Hall–Kier alpha value is -1.33. The smallest absolute Gasteiger partial charge is 0.385 e. The first kappa shape index (κ1) is 16.0. The van der Waals surface area contributed by atoms with Crippen molar-refractivity contribution in [1.29, 1.82) is 0 Å². The van der Waals surface area contributed by atoms with Crippen molar-refractivity contribution in [2.75, 3.05) is 0 Å². The van der Waals surface area contributed by atoms with Gasteiger partial charge in [0.05, 0.1) is 11.2 Å². The van der Waals surface area contributed by atoms with Crippen LogP contribution in [0.3, 0.4) is 0 Å². The van der Waals surface area contributed by atoms with Gasteiger partial charge < -0.3 is 5.11 Å². The first-order valence-electron chi connectivity index (χ1n) is 6.34. The molecule has 0 saturated heterocycles. The van der Waals surface area contributed by atoms with Crippen LogP contribution < -0.4 is 0 Å². The summed E-state index contributed by atoms with van der Waals surface area (Å²) in [4.78, 5) is 0. The molecule has 0 aromatic heterocycles. The third-order valence-electron chi connectivity index (χ3n) is 3.28. The van der Waals surface area contributed by atoms with Gasteiger partial charge in [-0.2, -0.15) is 13.2 Å². The summed E-state index contributed by atoms with van der Waals surface area (Å²) >= 11 is 3.37. The Kier molecular flexibility index (Phi) is 4.44. The van der Waals surface area contributed by atoms with Crippen molar-refractivity contribution in [2.45, 2.75) is 25.1 Å². The Balaban J connectivity index is 2.23. The maximum Gasteiger partial charge on any atom is 0.416 e. The maximum absolute atomic E-state index is 12.5. The minimum atomic E-state index is -4.34. The molecule has 112 valence electrons. The number of halogens is 4. The maximum atomic E-state index is 12.5. The lowest BCUT2D eigenvalue weighted by atomic mass is 9.89. The van der Waals surface area contributed by atoms with Gasteiger partial charge in [0.2, 0.25) is 0 Å². The fourth-order valence-electron chi connectivity index (χ4n) is 2.20. The quantitative estimate of drug-likeness (QED) is 0.825. The summed E-state index contributed by atoms with van der Waals surface area (Å²) < 4.78 is 38.3. The molecule has 21 heavy (non-hydrogen) atoms. The molecule has 0 radical (unpaired) electrons. The number of hydrogen-bond acceptors (Lipinski definition) is 1. The monoisotopic (exact) mass is 358 g/mol. The highest BCUT2D eigenvalue weighted by Gasteiger charge is 2.31.